The van der Waals surface area contributed by atoms with Crippen molar-refractivity contribution in [1.82, 2.24) is 14.7 Å². The molecule has 0 atom stereocenters. The normalized spacial score (nSPS) is 14.7. The van der Waals surface area contributed by atoms with Gasteiger partial charge in [0.25, 0.3) is 0 Å². The molecule has 2 heterocycles. The summed E-state index contributed by atoms with van der Waals surface area (Å²) >= 11 is 0. The summed E-state index contributed by atoms with van der Waals surface area (Å²) in [5, 5.41) is 7.59. The molecule has 1 aliphatic rings. The molecule has 3 aromatic rings. The van der Waals surface area contributed by atoms with Crippen LogP contribution in [0.25, 0.3) is 5.69 Å². The van der Waals surface area contributed by atoms with Crippen molar-refractivity contribution < 1.29 is 4.79 Å². The molecule has 1 fully saturated rings. The lowest BCUT2D eigenvalue weighted by molar-refractivity contribution is -0.117. The van der Waals surface area contributed by atoms with Crippen LogP contribution in [0.15, 0.2) is 54.6 Å². The van der Waals surface area contributed by atoms with Gasteiger partial charge >= 0.3 is 0 Å². The number of carbonyl (C=O) groups is 1. The van der Waals surface area contributed by atoms with E-state index in [4.69, 9.17) is 0 Å². The van der Waals surface area contributed by atoms with Crippen molar-refractivity contribution in [2.24, 2.45) is 0 Å². The Morgan fingerprint density at radius 2 is 1.67 bits per heavy atom. The van der Waals surface area contributed by atoms with Crippen molar-refractivity contribution in [2.45, 2.75) is 20.8 Å². The first-order valence-electron chi connectivity index (χ1n) is 10.5. The molecule has 4 rings (SSSR count). The highest BCUT2D eigenvalue weighted by molar-refractivity contribution is 5.91. The van der Waals surface area contributed by atoms with Crippen molar-refractivity contribution >= 4 is 17.4 Å². The van der Waals surface area contributed by atoms with Crippen LogP contribution in [0.5, 0.6) is 0 Å². The van der Waals surface area contributed by atoms with Gasteiger partial charge in [-0.15, -0.1) is 0 Å². The lowest BCUT2D eigenvalue weighted by atomic mass is 10.1. The molecule has 1 amide bonds. The number of para-hydroxylation sites is 1. The van der Waals surface area contributed by atoms with Crippen LogP contribution in [0.3, 0.4) is 0 Å². The average Bonchev–Trinajstić information content (AvgIpc) is 3.09. The number of benzene rings is 2. The van der Waals surface area contributed by atoms with Crippen LogP contribution in [0, 0.1) is 20.8 Å². The molecule has 0 aliphatic carbocycles. The van der Waals surface area contributed by atoms with Crippen molar-refractivity contribution in [3.63, 3.8) is 0 Å². The van der Waals surface area contributed by atoms with Crippen LogP contribution in [-0.2, 0) is 4.79 Å². The van der Waals surface area contributed by atoms with Crippen LogP contribution in [0.1, 0.15) is 16.8 Å². The highest BCUT2D eigenvalue weighted by Crippen LogP contribution is 2.21. The maximum absolute atomic E-state index is 12.7. The van der Waals surface area contributed by atoms with Gasteiger partial charge in [0, 0.05) is 37.9 Å². The molecule has 0 spiro atoms. The molecule has 0 unspecified atom stereocenters. The van der Waals surface area contributed by atoms with Crippen molar-refractivity contribution in [3.8, 4) is 5.69 Å². The fourth-order valence-electron chi connectivity index (χ4n) is 3.92. The molecule has 1 aromatic heterocycles. The molecule has 1 saturated heterocycles. The summed E-state index contributed by atoms with van der Waals surface area (Å²) in [6, 6.07) is 18.5. The third-order valence-electron chi connectivity index (χ3n) is 5.57. The Morgan fingerprint density at radius 1 is 0.967 bits per heavy atom. The van der Waals surface area contributed by atoms with E-state index in [0.717, 1.165) is 37.6 Å². The Bertz CT molecular complexity index is 1020. The Hall–Kier alpha value is -3.12. The highest BCUT2D eigenvalue weighted by atomic mass is 16.2. The number of nitrogens with zero attached hydrogens (tertiary/aromatic N) is 4. The van der Waals surface area contributed by atoms with Gasteiger partial charge in [0.05, 0.1) is 17.9 Å². The number of aryl methyl sites for hydroxylation is 3. The highest BCUT2D eigenvalue weighted by Gasteiger charge is 2.21. The minimum absolute atomic E-state index is 0.00685. The zero-order valence-corrected chi connectivity index (χ0v) is 17.9. The van der Waals surface area contributed by atoms with Gasteiger partial charge in [0.1, 0.15) is 5.82 Å². The topological polar surface area (TPSA) is 53.4 Å². The van der Waals surface area contributed by atoms with Gasteiger partial charge in [-0.3, -0.25) is 9.69 Å². The fourth-order valence-corrected chi connectivity index (χ4v) is 3.92. The molecule has 1 N–H and O–H groups in total. The van der Waals surface area contributed by atoms with Gasteiger partial charge in [0.15, 0.2) is 0 Å². The van der Waals surface area contributed by atoms with Crippen LogP contribution < -0.4 is 10.2 Å². The van der Waals surface area contributed by atoms with Gasteiger partial charge < -0.3 is 10.2 Å². The molecule has 156 valence electrons. The van der Waals surface area contributed by atoms with Crippen LogP contribution >= 0.6 is 0 Å². The third kappa shape index (κ3) is 4.54. The average molecular weight is 404 g/mol. The summed E-state index contributed by atoms with van der Waals surface area (Å²) in [6.07, 6.45) is 0. The fraction of sp³-hybridized carbons (Fsp3) is 0.333. The molecule has 0 saturated carbocycles. The Labute approximate surface area is 178 Å². The van der Waals surface area contributed by atoms with E-state index in [0.29, 0.717) is 12.4 Å². The van der Waals surface area contributed by atoms with E-state index >= 15 is 0 Å². The third-order valence-corrected chi connectivity index (χ3v) is 5.57. The van der Waals surface area contributed by atoms with Gasteiger partial charge in [-0.2, -0.15) is 5.10 Å². The smallest absolute Gasteiger partial charge is 0.239 e. The minimum Gasteiger partial charge on any atom is -0.369 e. The molecule has 1 aliphatic heterocycles. The van der Waals surface area contributed by atoms with E-state index in [1.54, 1.807) is 4.68 Å². The molecular formula is C24H29N5O. The van der Waals surface area contributed by atoms with E-state index in [1.807, 2.05) is 37.3 Å². The summed E-state index contributed by atoms with van der Waals surface area (Å²) < 4.78 is 1.79. The summed E-state index contributed by atoms with van der Waals surface area (Å²) in [4.78, 5) is 17.3. The lowest BCUT2D eigenvalue weighted by Crippen LogP contribution is -2.48. The second-order valence-electron chi connectivity index (χ2n) is 8.02. The quantitative estimate of drug-likeness (QED) is 0.708. The van der Waals surface area contributed by atoms with E-state index in [9.17, 15) is 4.79 Å². The number of hydrogen-bond acceptors (Lipinski definition) is 4. The molecule has 0 bridgehead atoms. The number of amides is 1. The second-order valence-corrected chi connectivity index (χ2v) is 8.02. The first-order valence-corrected chi connectivity index (χ1v) is 10.5. The summed E-state index contributed by atoms with van der Waals surface area (Å²) in [6.45, 7) is 10.1. The molecule has 6 nitrogen and oxygen atoms in total. The number of piperazine rings is 1. The van der Waals surface area contributed by atoms with Crippen LogP contribution in [0.2, 0.25) is 0 Å². The van der Waals surface area contributed by atoms with E-state index in [1.165, 1.54) is 16.8 Å². The number of hydrogen-bond donors (Lipinski definition) is 1. The molecule has 2 aromatic carbocycles. The first kappa shape index (κ1) is 20.2. The predicted octanol–water partition coefficient (Wildman–Crippen LogP) is 3.56. The Kier molecular flexibility index (Phi) is 5.86. The SMILES string of the molecule is Cc1ccc(-n2nc(C)cc2NC(=O)CN2CCN(c3ccccc3C)CC2)cc1. The largest absolute Gasteiger partial charge is 0.369 e. The Morgan fingerprint density at radius 3 is 2.37 bits per heavy atom. The standard InChI is InChI=1S/C24H29N5O/c1-18-8-10-21(11-9-18)29-23(16-20(3)26-29)25-24(30)17-27-12-14-28(15-13-27)22-7-5-4-6-19(22)2/h4-11,16H,12-15,17H2,1-3H3,(H,25,30). The van der Waals surface area contributed by atoms with E-state index in [-0.39, 0.29) is 5.91 Å². The number of carbonyl (C=O) groups excluding carboxylic acids is 1. The van der Waals surface area contributed by atoms with Gasteiger partial charge in [-0.25, -0.2) is 4.68 Å². The van der Waals surface area contributed by atoms with E-state index < -0.39 is 0 Å². The molecule has 30 heavy (non-hydrogen) atoms. The minimum atomic E-state index is -0.00685. The van der Waals surface area contributed by atoms with Gasteiger partial charge in [-0.05, 0) is 44.5 Å². The lowest BCUT2D eigenvalue weighted by Gasteiger charge is -2.36. The summed E-state index contributed by atoms with van der Waals surface area (Å²) in [5.74, 6) is 0.701. The number of anilines is 2. The molecule has 6 heteroatoms. The van der Waals surface area contributed by atoms with Gasteiger partial charge in [-0.1, -0.05) is 35.9 Å². The molecular weight excluding hydrogens is 374 g/mol. The number of aromatic nitrogens is 2. The number of nitrogens with one attached hydrogen (secondary N) is 1. The maximum atomic E-state index is 12.7. The summed E-state index contributed by atoms with van der Waals surface area (Å²) in [7, 11) is 0. The van der Waals surface area contributed by atoms with Crippen molar-refractivity contribution in [2.75, 3.05) is 42.9 Å². The van der Waals surface area contributed by atoms with Crippen molar-refractivity contribution in [3.05, 3.63) is 71.4 Å². The van der Waals surface area contributed by atoms with Gasteiger partial charge in [0.2, 0.25) is 5.91 Å². The first-order chi connectivity index (χ1) is 14.5. The van der Waals surface area contributed by atoms with Crippen LogP contribution in [0.4, 0.5) is 11.5 Å². The second kappa shape index (κ2) is 8.71. The Balaban J connectivity index is 1.36. The maximum Gasteiger partial charge on any atom is 0.239 e. The predicted molar refractivity (Wildman–Crippen MR) is 121 cm³/mol. The van der Waals surface area contributed by atoms with E-state index in [2.05, 4.69) is 58.3 Å². The summed E-state index contributed by atoms with van der Waals surface area (Å²) in [5.41, 5.74) is 5.59. The zero-order chi connectivity index (χ0) is 21.1. The van der Waals surface area contributed by atoms with Crippen molar-refractivity contribution in [1.29, 1.82) is 0 Å². The van der Waals surface area contributed by atoms with Crippen LogP contribution in [-0.4, -0.2) is 53.3 Å². The zero-order valence-electron chi connectivity index (χ0n) is 17.9. The monoisotopic (exact) mass is 403 g/mol. The number of rotatable bonds is 5. The molecule has 0 radical (unpaired) electrons.